The van der Waals surface area contributed by atoms with Crippen LogP contribution in [0.25, 0.3) is 0 Å². The van der Waals surface area contributed by atoms with Gasteiger partial charge in [-0.05, 0) is 37.3 Å². The number of nitrogens with one attached hydrogen (secondary N) is 1. The van der Waals surface area contributed by atoms with E-state index in [2.05, 4.69) is 10.3 Å². The van der Waals surface area contributed by atoms with E-state index in [1.807, 2.05) is 13.8 Å². The Bertz CT molecular complexity index is 468. The van der Waals surface area contributed by atoms with Crippen LogP contribution in [0.2, 0.25) is 0 Å². The summed E-state index contributed by atoms with van der Waals surface area (Å²) in [6.07, 6.45) is 3.50. The van der Waals surface area contributed by atoms with E-state index in [1.54, 1.807) is 12.1 Å². The molecule has 0 saturated carbocycles. The van der Waals surface area contributed by atoms with Crippen LogP contribution in [0.3, 0.4) is 0 Å². The van der Waals surface area contributed by atoms with Gasteiger partial charge in [0.25, 0.3) is 0 Å². The topological polar surface area (TPSA) is 71.5 Å². The second-order valence-electron chi connectivity index (χ2n) is 5.48. The lowest BCUT2D eigenvalue weighted by Gasteiger charge is -2.13. The molecule has 2 rings (SSSR count). The minimum Gasteiger partial charge on any atom is -0.478 e. The van der Waals surface area contributed by atoms with Crippen LogP contribution in [0.5, 0.6) is 0 Å². The minimum absolute atomic E-state index is 0.202. The van der Waals surface area contributed by atoms with Gasteiger partial charge in [-0.15, -0.1) is 0 Å². The molecule has 1 fully saturated rings. The van der Waals surface area contributed by atoms with Crippen molar-refractivity contribution in [3.8, 4) is 0 Å². The van der Waals surface area contributed by atoms with Gasteiger partial charge in [-0.3, -0.25) is 0 Å². The van der Waals surface area contributed by atoms with Crippen molar-refractivity contribution in [1.82, 2.24) is 4.98 Å². The van der Waals surface area contributed by atoms with Gasteiger partial charge >= 0.3 is 5.97 Å². The Balaban J connectivity index is 2.00. The third-order valence-corrected chi connectivity index (χ3v) is 3.48. The number of pyridine rings is 1. The van der Waals surface area contributed by atoms with Gasteiger partial charge in [0, 0.05) is 18.8 Å². The Kier molecular flexibility index (Phi) is 4.95. The summed E-state index contributed by atoms with van der Waals surface area (Å²) >= 11 is 0. The summed E-state index contributed by atoms with van der Waals surface area (Å²) in [6.45, 7) is 5.61. The van der Waals surface area contributed by atoms with E-state index in [1.165, 1.54) is 0 Å². The zero-order valence-corrected chi connectivity index (χ0v) is 12.1. The van der Waals surface area contributed by atoms with E-state index in [9.17, 15) is 4.79 Å². The van der Waals surface area contributed by atoms with Gasteiger partial charge in [-0.1, -0.05) is 13.8 Å². The van der Waals surface area contributed by atoms with Gasteiger partial charge in [0.15, 0.2) is 0 Å². The standard InChI is InChI=1S/C15H22N2O3/c1-10(2)13-8-11(15(18)19)9-14(17-13)16-6-5-12-4-3-7-20-12/h8-10,12H,3-7H2,1-2H3,(H,16,17)(H,18,19). The van der Waals surface area contributed by atoms with Crippen molar-refractivity contribution in [1.29, 1.82) is 0 Å². The monoisotopic (exact) mass is 278 g/mol. The first kappa shape index (κ1) is 14.8. The van der Waals surface area contributed by atoms with Crippen LogP contribution in [-0.4, -0.2) is 35.3 Å². The number of nitrogens with zero attached hydrogens (tertiary/aromatic N) is 1. The molecule has 0 spiro atoms. The van der Waals surface area contributed by atoms with Crippen molar-refractivity contribution in [2.24, 2.45) is 0 Å². The molecule has 0 radical (unpaired) electrons. The van der Waals surface area contributed by atoms with Gasteiger partial charge in [-0.25, -0.2) is 9.78 Å². The normalized spacial score (nSPS) is 18.4. The second kappa shape index (κ2) is 6.70. The molecule has 0 aromatic carbocycles. The van der Waals surface area contributed by atoms with Crippen LogP contribution >= 0.6 is 0 Å². The van der Waals surface area contributed by atoms with Gasteiger partial charge in [0.2, 0.25) is 0 Å². The number of ether oxygens (including phenoxy) is 1. The molecule has 110 valence electrons. The fourth-order valence-electron chi connectivity index (χ4n) is 2.29. The molecule has 2 N–H and O–H groups in total. The Morgan fingerprint density at radius 1 is 1.55 bits per heavy atom. The fourth-order valence-corrected chi connectivity index (χ4v) is 2.29. The molecule has 0 aliphatic carbocycles. The average molecular weight is 278 g/mol. The number of rotatable bonds is 6. The van der Waals surface area contributed by atoms with E-state index in [0.717, 1.165) is 38.1 Å². The zero-order valence-electron chi connectivity index (χ0n) is 12.1. The molecule has 1 unspecified atom stereocenters. The van der Waals surface area contributed by atoms with Crippen LogP contribution in [0, 0.1) is 0 Å². The summed E-state index contributed by atoms with van der Waals surface area (Å²) in [6, 6.07) is 3.22. The SMILES string of the molecule is CC(C)c1cc(C(=O)O)cc(NCCC2CCCO2)n1. The highest BCUT2D eigenvalue weighted by Crippen LogP contribution is 2.19. The predicted molar refractivity (Wildman–Crippen MR) is 77.4 cm³/mol. The summed E-state index contributed by atoms with van der Waals surface area (Å²) in [4.78, 5) is 15.6. The van der Waals surface area contributed by atoms with Crippen molar-refractivity contribution in [2.45, 2.75) is 45.1 Å². The molecule has 0 amide bonds. The number of carboxylic acid groups (broad SMARTS) is 1. The molecule has 0 bridgehead atoms. The molecule has 1 saturated heterocycles. The van der Waals surface area contributed by atoms with E-state index >= 15 is 0 Å². The number of carbonyl (C=O) groups is 1. The number of aromatic nitrogens is 1. The smallest absolute Gasteiger partial charge is 0.335 e. The Morgan fingerprint density at radius 3 is 2.95 bits per heavy atom. The van der Waals surface area contributed by atoms with Crippen LogP contribution < -0.4 is 5.32 Å². The quantitative estimate of drug-likeness (QED) is 0.837. The molecule has 5 heteroatoms. The maximum atomic E-state index is 11.1. The molecule has 2 heterocycles. The lowest BCUT2D eigenvalue weighted by molar-refractivity contribution is 0.0696. The molecule has 1 aliphatic heterocycles. The largest absolute Gasteiger partial charge is 0.478 e. The Hall–Kier alpha value is -1.62. The average Bonchev–Trinajstić information content (AvgIpc) is 2.91. The van der Waals surface area contributed by atoms with Gasteiger partial charge < -0.3 is 15.2 Å². The van der Waals surface area contributed by atoms with Crippen LogP contribution in [0.1, 0.15) is 55.1 Å². The number of anilines is 1. The third-order valence-electron chi connectivity index (χ3n) is 3.48. The lowest BCUT2D eigenvalue weighted by Crippen LogP contribution is -2.14. The second-order valence-corrected chi connectivity index (χ2v) is 5.48. The molecule has 1 aliphatic rings. The Morgan fingerprint density at radius 2 is 2.35 bits per heavy atom. The first-order valence-corrected chi connectivity index (χ1v) is 7.17. The molecule has 20 heavy (non-hydrogen) atoms. The van der Waals surface area contributed by atoms with Crippen LogP contribution in [0.4, 0.5) is 5.82 Å². The van der Waals surface area contributed by atoms with E-state index < -0.39 is 5.97 Å². The third kappa shape index (κ3) is 3.93. The fraction of sp³-hybridized carbons (Fsp3) is 0.600. The predicted octanol–water partition coefficient (Wildman–Crippen LogP) is 2.88. The Labute approximate surface area is 119 Å². The van der Waals surface area contributed by atoms with E-state index in [-0.39, 0.29) is 11.5 Å². The molecule has 5 nitrogen and oxygen atoms in total. The lowest BCUT2D eigenvalue weighted by atomic mass is 10.1. The highest BCUT2D eigenvalue weighted by Gasteiger charge is 2.15. The summed E-state index contributed by atoms with van der Waals surface area (Å²) in [7, 11) is 0. The van der Waals surface area contributed by atoms with Gasteiger partial charge in [-0.2, -0.15) is 0 Å². The highest BCUT2D eigenvalue weighted by atomic mass is 16.5. The van der Waals surface area contributed by atoms with Crippen LogP contribution in [0.15, 0.2) is 12.1 Å². The first-order chi connectivity index (χ1) is 9.56. The zero-order chi connectivity index (χ0) is 14.5. The number of hydrogen-bond donors (Lipinski definition) is 2. The molecular weight excluding hydrogens is 256 g/mol. The van der Waals surface area contributed by atoms with Gasteiger partial charge in [0.05, 0.1) is 11.7 Å². The molecule has 1 aromatic rings. The van der Waals surface area contributed by atoms with Crippen molar-refractivity contribution >= 4 is 11.8 Å². The first-order valence-electron chi connectivity index (χ1n) is 7.17. The number of aromatic carboxylic acids is 1. The molecular formula is C15H22N2O3. The van der Waals surface area contributed by atoms with Crippen molar-refractivity contribution in [2.75, 3.05) is 18.5 Å². The molecule has 1 aromatic heterocycles. The highest BCUT2D eigenvalue weighted by molar-refractivity contribution is 5.88. The summed E-state index contributed by atoms with van der Waals surface area (Å²) in [5.41, 5.74) is 1.08. The van der Waals surface area contributed by atoms with E-state index in [0.29, 0.717) is 11.9 Å². The maximum Gasteiger partial charge on any atom is 0.335 e. The van der Waals surface area contributed by atoms with Crippen molar-refractivity contribution in [3.63, 3.8) is 0 Å². The number of hydrogen-bond acceptors (Lipinski definition) is 4. The maximum absolute atomic E-state index is 11.1. The minimum atomic E-state index is -0.920. The van der Waals surface area contributed by atoms with E-state index in [4.69, 9.17) is 9.84 Å². The molecule has 1 atom stereocenters. The van der Waals surface area contributed by atoms with Crippen molar-refractivity contribution < 1.29 is 14.6 Å². The van der Waals surface area contributed by atoms with Crippen LogP contribution in [-0.2, 0) is 4.74 Å². The summed E-state index contributed by atoms with van der Waals surface area (Å²) < 4.78 is 5.56. The van der Waals surface area contributed by atoms with Crippen molar-refractivity contribution in [3.05, 3.63) is 23.4 Å². The number of carboxylic acids is 1. The summed E-state index contributed by atoms with van der Waals surface area (Å²) in [5.74, 6) is -0.0870. The summed E-state index contributed by atoms with van der Waals surface area (Å²) in [5, 5.41) is 12.3. The van der Waals surface area contributed by atoms with Gasteiger partial charge in [0.1, 0.15) is 5.82 Å².